The lowest BCUT2D eigenvalue weighted by Crippen LogP contribution is -2.38. The van der Waals surface area contributed by atoms with Gasteiger partial charge >= 0.3 is 0 Å². The van der Waals surface area contributed by atoms with Crippen molar-refractivity contribution in [2.45, 2.75) is 20.3 Å². The van der Waals surface area contributed by atoms with Crippen LogP contribution < -0.4 is 15.5 Å². The molecule has 0 radical (unpaired) electrons. The standard InChI is InChI=1S/C21H20F3N3O3/c1-11-4-3-5-16(12(11)2)27-10-13(8-18(27)29)21(30)25-9-17(28)26-15-7-6-14(22)19(23)20(15)24/h3-7,13H,8-10H2,1-2H3,(H,25,30)(H,26,28)/t13-/m1/s1. The molecular weight excluding hydrogens is 399 g/mol. The van der Waals surface area contributed by atoms with Gasteiger partial charge in [0.05, 0.1) is 18.2 Å². The van der Waals surface area contributed by atoms with Gasteiger partial charge in [-0.15, -0.1) is 0 Å². The van der Waals surface area contributed by atoms with Gasteiger partial charge in [0.1, 0.15) is 0 Å². The molecule has 9 heteroatoms. The third-order valence-corrected chi connectivity index (χ3v) is 5.10. The minimum absolute atomic E-state index is 0.00135. The lowest BCUT2D eigenvalue weighted by atomic mass is 10.1. The topological polar surface area (TPSA) is 78.5 Å². The molecule has 0 saturated carbocycles. The SMILES string of the molecule is Cc1cccc(N2C[C@H](C(=O)NCC(=O)Nc3ccc(F)c(F)c3F)CC2=O)c1C. The first-order valence-electron chi connectivity index (χ1n) is 9.26. The van der Waals surface area contributed by atoms with Crippen LogP contribution in [0.25, 0.3) is 0 Å². The van der Waals surface area contributed by atoms with Gasteiger partial charge in [0.2, 0.25) is 17.7 Å². The van der Waals surface area contributed by atoms with Gasteiger partial charge in [-0.1, -0.05) is 12.1 Å². The summed E-state index contributed by atoms with van der Waals surface area (Å²) in [7, 11) is 0. The zero-order chi connectivity index (χ0) is 22.0. The van der Waals surface area contributed by atoms with Crippen LogP contribution in [0.1, 0.15) is 17.5 Å². The number of benzene rings is 2. The van der Waals surface area contributed by atoms with Gasteiger partial charge in [-0.05, 0) is 43.2 Å². The number of aryl methyl sites for hydroxylation is 1. The summed E-state index contributed by atoms with van der Waals surface area (Å²) in [4.78, 5) is 38.2. The molecule has 2 aromatic carbocycles. The highest BCUT2D eigenvalue weighted by molar-refractivity contribution is 6.02. The van der Waals surface area contributed by atoms with Crippen LogP contribution in [0.5, 0.6) is 0 Å². The Labute approximate surface area is 171 Å². The fourth-order valence-electron chi connectivity index (χ4n) is 3.27. The third-order valence-electron chi connectivity index (χ3n) is 5.10. The van der Waals surface area contributed by atoms with Crippen molar-refractivity contribution in [2.75, 3.05) is 23.3 Å². The molecule has 3 amide bonds. The van der Waals surface area contributed by atoms with Crippen molar-refractivity contribution in [3.8, 4) is 0 Å². The van der Waals surface area contributed by atoms with Gasteiger partial charge < -0.3 is 15.5 Å². The summed E-state index contributed by atoms with van der Waals surface area (Å²) in [5.41, 5.74) is 2.17. The summed E-state index contributed by atoms with van der Waals surface area (Å²) in [5.74, 6) is -6.77. The molecular formula is C21H20F3N3O3. The monoisotopic (exact) mass is 419 g/mol. The van der Waals surface area contributed by atoms with Gasteiger partial charge in [0, 0.05) is 18.7 Å². The minimum Gasteiger partial charge on any atom is -0.347 e. The Kier molecular flexibility index (Phi) is 6.09. The molecule has 3 rings (SSSR count). The molecule has 1 aliphatic rings. The maximum atomic E-state index is 13.6. The molecule has 158 valence electrons. The average molecular weight is 419 g/mol. The van der Waals surface area contributed by atoms with Crippen molar-refractivity contribution in [3.05, 3.63) is 58.9 Å². The summed E-state index contributed by atoms with van der Waals surface area (Å²) < 4.78 is 39.8. The van der Waals surface area contributed by atoms with E-state index in [4.69, 9.17) is 0 Å². The first-order valence-corrected chi connectivity index (χ1v) is 9.26. The molecule has 2 aromatic rings. The molecule has 0 spiro atoms. The molecule has 2 N–H and O–H groups in total. The number of hydrogen-bond donors (Lipinski definition) is 2. The highest BCUT2D eigenvalue weighted by Gasteiger charge is 2.35. The third kappa shape index (κ3) is 4.29. The van der Waals surface area contributed by atoms with Gasteiger partial charge in [-0.3, -0.25) is 14.4 Å². The molecule has 1 saturated heterocycles. The molecule has 6 nitrogen and oxygen atoms in total. The maximum absolute atomic E-state index is 13.6. The number of amides is 3. The average Bonchev–Trinajstić information content (AvgIpc) is 3.10. The number of halogens is 3. The lowest BCUT2D eigenvalue weighted by Gasteiger charge is -2.20. The summed E-state index contributed by atoms with van der Waals surface area (Å²) in [6.45, 7) is 3.49. The van der Waals surface area contributed by atoms with E-state index in [2.05, 4.69) is 10.6 Å². The van der Waals surface area contributed by atoms with Crippen molar-refractivity contribution in [2.24, 2.45) is 5.92 Å². The summed E-state index contributed by atoms with van der Waals surface area (Å²) in [6, 6.07) is 7.13. The fraction of sp³-hybridized carbons (Fsp3) is 0.286. The van der Waals surface area contributed by atoms with Crippen LogP contribution in [0, 0.1) is 37.2 Å². The van der Waals surface area contributed by atoms with Crippen LogP contribution in [0.2, 0.25) is 0 Å². The number of carbonyl (C=O) groups is 3. The van der Waals surface area contributed by atoms with Crippen molar-refractivity contribution >= 4 is 29.1 Å². The first kappa shape index (κ1) is 21.4. The smallest absolute Gasteiger partial charge is 0.243 e. The Balaban J connectivity index is 1.58. The molecule has 1 fully saturated rings. The Bertz CT molecular complexity index is 1030. The van der Waals surface area contributed by atoms with E-state index in [-0.39, 0.29) is 18.9 Å². The van der Waals surface area contributed by atoms with E-state index in [0.29, 0.717) is 6.07 Å². The van der Waals surface area contributed by atoms with Crippen LogP contribution in [0.3, 0.4) is 0 Å². The largest absolute Gasteiger partial charge is 0.347 e. The maximum Gasteiger partial charge on any atom is 0.243 e. The van der Waals surface area contributed by atoms with E-state index in [9.17, 15) is 27.6 Å². The second kappa shape index (κ2) is 8.56. The number of nitrogens with one attached hydrogen (secondary N) is 2. The predicted octanol–water partition coefficient (Wildman–Crippen LogP) is 2.83. The molecule has 1 aliphatic heterocycles. The van der Waals surface area contributed by atoms with E-state index < -0.39 is 47.4 Å². The number of hydrogen-bond acceptors (Lipinski definition) is 3. The van der Waals surface area contributed by atoms with Crippen LogP contribution in [0.15, 0.2) is 30.3 Å². The number of rotatable bonds is 5. The summed E-state index contributed by atoms with van der Waals surface area (Å²) in [5, 5.41) is 4.46. The molecule has 1 atom stereocenters. The molecule has 0 aliphatic carbocycles. The quantitative estimate of drug-likeness (QED) is 0.732. The van der Waals surface area contributed by atoms with Crippen LogP contribution in [-0.2, 0) is 14.4 Å². The number of carbonyl (C=O) groups excluding carboxylic acids is 3. The van der Waals surface area contributed by atoms with Gasteiger partial charge in [-0.2, -0.15) is 0 Å². The van der Waals surface area contributed by atoms with E-state index >= 15 is 0 Å². The Morgan fingerprint density at radius 3 is 2.57 bits per heavy atom. The summed E-state index contributed by atoms with van der Waals surface area (Å²) >= 11 is 0. The second-order valence-corrected chi connectivity index (χ2v) is 7.11. The van der Waals surface area contributed by atoms with Crippen molar-refractivity contribution < 1.29 is 27.6 Å². The van der Waals surface area contributed by atoms with E-state index in [1.807, 2.05) is 32.0 Å². The molecule has 0 aromatic heterocycles. The van der Waals surface area contributed by atoms with Crippen LogP contribution in [-0.4, -0.2) is 30.8 Å². The molecule has 0 bridgehead atoms. The van der Waals surface area contributed by atoms with Gasteiger partial charge in [0.15, 0.2) is 17.5 Å². The summed E-state index contributed by atoms with van der Waals surface area (Å²) in [6.07, 6.45) is -0.00135. The molecule has 30 heavy (non-hydrogen) atoms. The van der Waals surface area contributed by atoms with E-state index in [1.165, 1.54) is 0 Å². The van der Waals surface area contributed by atoms with Crippen molar-refractivity contribution in [3.63, 3.8) is 0 Å². The van der Waals surface area contributed by atoms with E-state index in [0.717, 1.165) is 22.9 Å². The van der Waals surface area contributed by atoms with Crippen LogP contribution >= 0.6 is 0 Å². The second-order valence-electron chi connectivity index (χ2n) is 7.11. The lowest BCUT2D eigenvalue weighted by molar-refractivity contribution is -0.127. The van der Waals surface area contributed by atoms with Gasteiger partial charge in [-0.25, -0.2) is 13.2 Å². The number of anilines is 2. The fourth-order valence-corrected chi connectivity index (χ4v) is 3.27. The zero-order valence-electron chi connectivity index (χ0n) is 16.4. The normalized spacial score (nSPS) is 16.0. The zero-order valence-corrected chi connectivity index (χ0v) is 16.4. The predicted molar refractivity (Wildman–Crippen MR) is 104 cm³/mol. The Morgan fingerprint density at radius 1 is 1.10 bits per heavy atom. The highest BCUT2D eigenvalue weighted by Crippen LogP contribution is 2.29. The number of nitrogens with zero attached hydrogens (tertiary/aromatic N) is 1. The van der Waals surface area contributed by atoms with Crippen LogP contribution in [0.4, 0.5) is 24.5 Å². The Morgan fingerprint density at radius 2 is 1.83 bits per heavy atom. The Hall–Kier alpha value is -3.36. The molecule has 1 heterocycles. The van der Waals surface area contributed by atoms with E-state index in [1.54, 1.807) is 4.90 Å². The van der Waals surface area contributed by atoms with Gasteiger partial charge in [0.25, 0.3) is 0 Å². The molecule has 0 unspecified atom stereocenters. The highest BCUT2D eigenvalue weighted by atomic mass is 19.2. The van der Waals surface area contributed by atoms with Crippen molar-refractivity contribution in [1.29, 1.82) is 0 Å². The van der Waals surface area contributed by atoms with Crippen molar-refractivity contribution in [1.82, 2.24) is 5.32 Å². The first-order chi connectivity index (χ1) is 14.2. The minimum atomic E-state index is -1.70.